The first-order valence-corrected chi connectivity index (χ1v) is 7.23. The number of carbonyl (C=O) groups excluding carboxylic acids is 1. The van der Waals surface area contributed by atoms with Gasteiger partial charge in [-0.1, -0.05) is 54.1 Å². The van der Waals surface area contributed by atoms with Crippen LogP contribution in [0, 0.1) is 0 Å². The topological polar surface area (TPSA) is 38.3 Å². The lowest BCUT2D eigenvalue weighted by Gasteiger charge is -2.14. The summed E-state index contributed by atoms with van der Waals surface area (Å²) >= 11 is 5.84. The monoisotopic (exact) mass is 303 g/mol. The summed E-state index contributed by atoms with van der Waals surface area (Å²) in [4.78, 5) is 11.7. The molecule has 1 atom stereocenters. The third-order valence-electron chi connectivity index (χ3n) is 3.03. The third-order valence-corrected chi connectivity index (χ3v) is 3.28. The molecular formula is C17H18ClNO2. The van der Waals surface area contributed by atoms with Crippen LogP contribution in [0.4, 0.5) is 4.79 Å². The molecule has 2 aromatic carbocycles. The summed E-state index contributed by atoms with van der Waals surface area (Å²) in [6.07, 6.45) is 0.331. The molecule has 0 aromatic heterocycles. The van der Waals surface area contributed by atoms with Crippen molar-refractivity contribution in [2.75, 3.05) is 0 Å². The molecule has 0 spiro atoms. The lowest BCUT2D eigenvalue weighted by atomic mass is 10.1. The van der Waals surface area contributed by atoms with Gasteiger partial charge in [0.2, 0.25) is 0 Å². The first-order chi connectivity index (χ1) is 10.1. The zero-order valence-corrected chi connectivity index (χ0v) is 12.6. The van der Waals surface area contributed by atoms with Crippen LogP contribution in [0.15, 0.2) is 54.6 Å². The molecule has 1 amide bonds. The van der Waals surface area contributed by atoms with E-state index in [1.807, 2.05) is 61.5 Å². The number of benzene rings is 2. The Morgan fingerprint density at radius 1 is 1.10 bits per heavy atom. The van der Waals surface area contributed by atoms with E-state index in [1.54, 1.807) is 0 Å². The predicted molar refractivity (Wildman–Crippen MR) is 84.4 cm³/mol. The maximum absolute atomic E-state index is 11.7. The first kappa shape index (κ1) is 15.4. The van der Waals surface area contributed by atoms with Gasteiger partial charge in [-0.15, -0.1) is 0 Å². The fraction of sp³-hybridized carbons (Fsp3) is 0.235. The fourth-order valence-corrected chi connectivity index (χ4v) is 2.12. The average molecular weight is 304 g/mol. The number of halogens is 1. The van der Waals surface area contributed by atoms with Gasteiger partial charge in [-0.3, -0.25) is 0 Å². The Hall–Kier alpha value is -2.00. The van der Waals surface area contributed by atoms with E-state index in [9.17, 15) is 4.79 Å². The minimum atomic E-state index is -0.402. The molecule has 4 heteroatoms. The van der Waals surface area contributed by atoms with Crippen molar-refractivity contribution in [2.24, 2.45) is 0 Å². The van der Waals surface area contributed by atoms with Crippen LogP contribution in [0.5, 0.6) is 0 Å². The van der Waals surface area contributed by atoms with Crippen LogP contribution in [-0.2, 0) is 17.8 Å². The van der Waals surface area contributed by atoms with Crippen molar-refractivity contribution in [1.82, 2.24) is 5.32 Å². The van der Waals surface area contributed by atoms with Crippen molar-refractivity contribution in [3.8, 4) is 0 Å². The van der Waals surface area contributed by atoms with Gasteiger partial charge in [0.05, 0.1) is 0 Å². The molecule has 0 aliphatic rings. The number of alkyl carbamates (subject to hydrolysis) is 1. The Morgan fingerprint density at radius 3 is 2.43 bits per heavy atom. The molecule has 0 bridgehead atoms. The second kappa shape index (κ2) is 7.70. The number of hydrogen-bond donors (Lipinski definition) is 1. The van der Waals surface area contributed by atoms with Gasteiger partial charge in [-0.25, -0.2) is 4.79 Å². The van der Waals surface area contributed by atoms with Crippen molar-refractivity contribution < 1.29 is 9.53 Å². The highest BCUT2D eigenvalue weighted by Gasteiger charge is 2.09. The Morgan fingerprint density at radius 2 is 1.76 bits per heavy atom. The van der Waals surface area contributed by atoms with Gasteiger partial charge in [0.25, 0.3) is 0 Å². The summed E-state index contributed by atoms with van der Waals surface area (Å²) in [5.41, 5.74) is 2.09. The first-order valence-electron chi connectivity index (χ1n) is 6.85. The van der Waals surface area contributed by atoms with E-state index in [2.05, 4.69) is 5.32 Å². The molecule has 2 rings (SSSR count). The normalized spacial score (nSPS) is 11.7. The van der Waals surface area contributed by atoms with E-state index < -0.39 is 6.09 Å². The fourth-order valence-electron chi connectivity index (χ4n) is 1.99. The van der Waals surface area contributed by atoms with Crippen LogP contribution >= 0.6 is 11.6 Å². The quantitative estimate of drug-likeness (QED) is 0.899. The zero-order chi connectivity index (χ0) is 15.1. The summed E-state index contributed by atoms with van der Waals surface area (Å²) in [6, 6.07) is 17.2. The van der Waals surface area contributed by atoms with Crippen LogP contribution in [0.3, 0.4) is 0 Å². The van der Waals surface area contributed by atoms with Gasteiger partial charge in [0, 0.05) is 11.1 Å². The lowest BCUT2D eigenvalue weighted by Crippen LogP contribution is -2.34. The molecule has 0 aliphatic heterocycles. The largest absolute Gasteiger partial charge is 0.445 e. The predicted octanol–water partition coefficient (Wildman–Crippen LogP) is 4.20. The summed E-state index contributed by atoms with van der Waals surface area (Å²) < 4.78 is 5.18. The van der Waals surface area contributed by atoms with E-state index >= 15 is 0 Å². The SMILES string of the molecule is CC(Cc1ccc(Cl)cc1)NC(=O)OCc1ccccc1. The molecule has 0 fully saturated rings. The number of carbonyl (C=O) groups is 1. The molecule has 21 heavy (non-hydrogen) atoms. The molecule has 1 unspecified atom stereocenters. The number of hydrogen-bond acceptors (Lipinski definition) is 2. The highest BCUT2D eigenvalue weighted by molar-refractivity contribution is 6.30. The summed E-state index contributed by atoms with van der Waals surface area (Å²) in [7, 11) is 0. The molecular weight excluding hydrogens is 286 g/mol. The smallest absolute Gasteiger partial charge is 0.407 e. The number of rotatable bonds is 5. The van der Waals surface area contributed by atoms with Gasteiger partial charge in [0.1, 0.15) is 6.61 Å². The Balaban J connectivity index is 1.75. The summed E-state index contributed by atoms with van der Waals surface area (Å²) in [5.74, 6) is 0. The van der Waals surface area contributed by atoms with Gasteiger partial charge in [-0.05, 0) is 36.6 Å². The summed E-state index contributed by atoms with van der Waals surface area (Å²) in [6.45, 7) is 2.22. The number of ether oxygens (including phenoxy) is 1. The van der Waals surface area contributed by atoms with Crippen molar-refractivity contribution in [3.63, 3.8) is 0 Å². The van der Waals surface area contributed by atoms with E-state index in [0.29, 0.717) is 5.02 Å². The second-order valence-electron chi connectivity index (χ2n) is 4.94. The zero-order valence-electron chi connectivity index (χ0n) is 11.9. The Labute approximate surface area is 129 Å². The average Bonchev–Trinajstić information content (AvgIpc) is 2.48. The Bertz CT molecular complexity index is 569. The van der Waals surface area contributed by atoms with Crippen LogP contribution in [-0.4, -0.2) is 12.1 Å². The van der Waals surface area contributed by atoms with Gasteiger partial charge < -0.3 is 10.1 Å². The van der Waals surface area contributed by atoms with Crippen LogP contribution in [0.2, 0.25) is 5.02 Å². The maximum atomic E-state index is 11.7. The van der Waals surface area contributed by atoms with Crippen molar-refractivity contribution in [1.29, 1.82) is 0 Å². The van der Waals surface area contributed by atoms with Crippen molar-refractivity contribution in [2.45, 2.75) is 26.0 Å². The molecule has 0 radical (unpaired) electrons. The minimum Gasteiger partial charge on any atom is -0.445 e. The molecule has 3 nitrogen and oxygen atoms in total. The lowest BCUT2D eigenvalue weighted by molar-refractivity contribution is 0.136. The third kappa shape index (κ3) is 5.48. The Kier molecular flexibility index (Phi) is 5.64. The van der Waals surface area contributed by atoms with Gasteiger partial charge in [-0.2, -0.15) is 0 Å². The maximum Gasteiger partial charge on any atom is 0.407 e. The standard InChI is InChI=1S/C17H18ClNO2/c1-13(11-14-7-9-16(18)10-8-14)19-17(20)21-12-15-5-3-2-4-6-15/h2-10,13H,11-12H2,1H3,(H,19,20). The molecule has 1 N–H and O–H groups in total. The van der Waals surface area contributed by atoms with Crippen LogP contribution in [0.25, 0.3) is 0 Å². The highest BCUT2D eigenvalue weighted by atomic mass is 35.5. The van der Waals surface area contributed by atoms with Gasteiger partial charge >= 0.3 is 6.09 Å². The highest BCUT2D eigenvalue weighted by Crippen LogP contribution is 2.11. The minimum absolute atomic E-state index is 0.00514. The number of amides is 1. The molecule has 0 saturated carbocycles. The molecule has 110 valence electrons. The van der Waals surface area contributed by atoms with E-state index in [1.165, 1.54) is 0 Å². The van der Waals surface area contributed by atoms with Crippen molar-refractivity contribution >= 4 is 17.7 Å². The van der Waals surface area contributed by atoms with Crippen LogP contribution in [0.1, 0.15) is 18.1 Å². The number of nitrogens with one attached hydrogen (secondary N) is 1. The molecule has 0 saturated heterocycles. The second-order valence-corrected chi connectivity index (χ2v) is 5.37. The molecule has 0 aliphatic carbocycles. The van der Waals surface area contributed by atoms with Crippen LogP contribution < -0.4 is 5.32 Å². The van der Waals surface area contributed by atoms with E-state index in [-0.39, 0.29) is 12.6 Å². The van der Waals surface area contributed by atoms with E-state index in [0.717, 1.165) is 17.5 Å². The van der Waals surface area contributed by atoms with E-state index in [4.69, 9.17) is 16.3 Å². The molecule has 2 aromatic rings. The summed E-state index contributed by atoms with van der Waals surface area (Å²) in [5, 5.41) is 3.53. The van der Waals surface area contributed by atoms with Crippen molar-refractivity contribution in [3.05, 3.63) is 70.7 Å². The molecule has 0 heterocycles. The van der Waals surface area contributed by atoms with Gasteiger partial charge in [0.15, 0.2) is 0 Å².